The molecule has 0 aliphatic heterocycles. The Morgan fingerprint density at radius 1 is 0.947 bits per heavy atom. The molecular formula is C35H62O2Si. The quantitative estimate of drug-likeness (QED) is 0.309. The monoisotopic (exact) mass is 542 g/mol. The van der Waals surface area contributed by atoms with Crippen LogP contribution in [-0.4, -0.2) is 26.1 Å². The Morgan fingerprint density at radius 2 is 1.63 bits per heavy atom. The lowest BCUT2D eigenvalue weighted by molar-refractivity contribution is -0.0113. The van der Waals surface area contributed by atoms with Crippen molar-refractivity contribution in [2.45, 2.75) is 144 Å². The van der Waals surface area contributed by atoms with Gasteiger partial charge in [-0.1, -0.05) is 98.5 Å². The summed E-state index contributed by atoms with van der Waals surface area (Å²) < 4.78 is 7.13. The van der Waals surface area contributed by atoms with Crippen LogP contribution in [0, 0.1) is 45.8 Å². The lowest BCUT2D eigenvalue weighted by Gasteiger charge is -2.60. The van der Waals surface area contributed by atoms with Crippen molar-refractivity contribution in [1.29, 1.82) is 0 Å². The number of rotatable bonds is 8. The van der Waals surface area contributed by atoms with Crippen LogP contribution in [0.15, 0.2) is 23.3 Å². The third kappa shape index (κ3) is 5.08. The van der Waals surface area contributed by atoms with Crippen molar-refractivity contribution < 1.29 is 9.53 Å². The minimum absolute atomic E-state index is 0.0870. The van der Waals surface area contributed by atoms with Gasteiger partial charge in [0.05, 0.1) is 6.10 Å². The summed E-state index contributed by atoms with van der Waals surface area (Å²) in [5.41, 5.74) is 4.33. The lowest BCUT2D eigenvalue weighted by Crippen LogP contribution is -2.55. The standard InChI is InChI=1S/C35H62O2Si/c1-24(23-36)13-12-14-25(2)27-16-17-28-26-15-18-30-33(6,7)31(37-38(10,11)32(3,4)5)20-22-35(30,9)29(26)19-21-34(27,28)8/h15,18,24-25,27-29,31,36H,12-14,16-17,19-23H2,1-11H3/t24-,25-,27-,28+,29+,31+,34-,35-/m1/s1. The molecule has 0 heterocycles. The maximum atomic E-state index is 9.43. The second-order valence-electron chi connectivity index (χ2n) is 16.8. The predicted octanol–water partition coefficient (Wildman–Crippen LogP) is 9.95. The lowest BCUT2D eigenvalue weighted by atomic mass is 9.46. The van der Waals surface area contributed by atoms with Crippen molar-refractivity contribution in [3.8, 4) is 0 Å². The Bertz CT molecular complexity index is 923. The van der Waals surface area contributed by atoms with Gasteiger partial charge < -0.3 is 9.53 Å². The molecule has 8 atom stereocenters. The first kappa shape index (κ1) is 30.6. The van der Waals surface area contributed by atoms with E-state index in [2.05, 4.69) is 87.6 Å². The Balaban J connectivity index is 1.55. The van der Waals surface area contributed by atoms with Crippen molar-refractivity contribution in [3.63, 3.8) is 0 Å². The van der Waals surface area contributed by atoms with Crippen LogP contribution in [0.4, 0.5) is 0 Å². The smallest absolute Gasteiger partial charge is 0.192 e. The third-order valence-corrected chi connectivity index (χ3v) is 17.5. The van der Waals surface area contributed by atoms with Crippen LogP contribution in [0.3, 0.4) is 0 Å². The highest BCUT2D eigenvalue weighted by Crippen LogP contribution is 2.68. The van der Waals surface area contributed by atoms with Crippen LogP contribution in [0.1, 0.15) is 120 Å². The fourth-order valence-electron chi connectivity index (χ4n) is 9.49. The van der Waals surface area contributed by atoms with Gasteiger partial charge in [-0.2, -0.15) is 0 Å². The molecule has 0 radical (unpaired) electrons. The van der Waals surface area contributed by atoms with E-state index in [1.165, 1.54) is 57.8 Å². The van der Waals surface area contributed by atoms with Crippen LogP contribution in [0.25, 0.3) is 0 Å². The van der Waals surface area contributed by atoms with Crippen molar-refractivity contribution in [2.24, 2.45) is 45.8 Å². The predicted molar refractivity (Wildman–Crippen MR) is 166 cm³/mol. The van der Waals surface area contributed by atoms with E-state index in [0.717, 1.165) is 17.8 Å². The van der Waals surface area contributed by atoms with Crippen LogP contribution >= 0.6 is 0 Å². The highest BCUT2D eigenvalue weighted by Gasteiger charge is 2.60. The Morgan fingerprint density at radius 3 is 2.26 bits per heavy atom. The second kappa shape index (κ2) is 10.5. The fraction of sp³-hybridized carbons (Fsp3) is 0.886. The van der Waals surface area contributed by atoms with Crippen molar-refractivity contribution in [2.75, 3.05) is 6.61 Å². The average Bonchev–Trinajstić information content (AvgIpc) is 3.17. The summed E-state index contributed by atoms with van der Waals surface area (Å²) in [4.78, 5) is 0. The molecule has 3 saturated carbocycles. The van der Waals surface area contributed by atoms with E-state index < -0.39 is 8.32 Å². The minimum atomic E-state index is -1.82. The largest absolute Gasteiger partial charge is 0.413 e. The second-order valence-corrected chi connectivity index (χ2v) is 21.6. The Labute approximate surface area is 237 Å². The third-order valence-electron chi connectivity index (χ3n) is 13.0. The summed E-state index contributed by atoms with van der Waals surface area (Å²) in [7, 11) is -1.82. The summed E-state index contributed by atoms with van der Waals surface area (Å²) in [6, 6.07) is 0. The number of hydrogen-bond donors (Lipinski definition) is 1. The van der Waals surface area contributed by atoms with Gasteiger partial charge in [0, 0.05) is 12.0 Å². The van der Waals surface area contributed by atoms with Gasteiger partial charge in [-0.05, 0) is 103 Å². The summed E-state index contributed by atoms with van der Waals surface area (Å²) in [5, 5.41) is 9.68. The van der Waals surface area contributed by atoms with Gasteiger partial charge in [-0.15, -0.1) is 0 Å². The highest BCUT2D eigenvalue weighted by molar-refractivity contribution is 6.74. The van der Waals surface area contributed by atoms with Gasteiger partial charge >= 0.3 is 0 Å². The van der Waals surface area contributed by atoms with Crippen LogP contribution in [0.5, 0.6) is 0 Å². The number of allylic oxidation sites excluding steroid dienone is 3. The summed E-state index contributed by atoms with van der Waals surface area (Å²) in [6.45, 7) is 27.3. The van der Waals surface area contributed by atoms with Gasteiger partial charge in [0.15, 0.2) is 8.32 Å². The molecule has 0 spiro atoms. The van der Waals surface area contributed by atoms with E-state index in [0.29, 0.717) is 30.0 Å². The molecule has 4 aliphatic carbocycles. The molecule has 0 bridgehead atoms. The molecule has 1 N–H and O–H groups in total. The Kier molecular flexibility index (Phi) is 8.42. The molecule has 0 amide bonds. The zero-order valence-electron chi connectivity index (χ0n) is 27.0. The molecule has 4 rings (SSSR count). The van der Waals surface area contributed by atoms with Gasteiger partial charge in [0.2, 0.25) is 0 Å². The molecule has 0 aromatic rings. The number of fused-ring (bicyclic) bond motifs is 5. The average molecular weight is 543 g/mol. The maximum Gasteiger partial charge on any atom is 0.192 e. The topological polar surface area (TPSA) is 29.5 Å². The minimum Gasteiger partial charge on any atom is -0.413 e. The molecule has 38 heavy (non-hydrogen) atoms. The molecule has 0 unspecified atom stereocenters. The fourth-order valence-corrected chi connectivity index (χ4v) is 11.0. The van der Waals surface area contributed by atoms with Gasteiger partial charge in [0.25, 0.3) is 0 Å². The zero-order chi connectivity index (χ0) is 28.3. The SMILES string of the molecule is C[C@@H](CO)CCC[C@@H](C)[C@H]1CC[C@H]2C3=CC=C4C(C)(C)[C@@H](O[Si](C)(C)C(C)(C)C)CC[C@]4(C)[C@H]3CC[C@]12C. The molecule has 218 valence electrons. The van der Waals surface area contributed by atoms with E-state index in [1.54, 1.807) is 5.57 Å². The van der Waals surface area contributed by atoms with Crippen LogP contribution < -0.4 is 0 Å². The molecule has 0 aromatic heterocycles. The molecule has 4 aliphatic rings. The molecular weight excluding hydrogens is 480 g/mol. The van der Waals surface area contributed by atoms with Gasteiger partial charge in [-0.3, -0.25) is 0 Å². The summed E-state index contributed by atoms with van der Waals surface area (Å²) in [6.07, 6.45) is 17.3. The normalized spacial score (nSPS) is 38.4. The van der Waals surface area contributed by atoms with Crippen molar-refractivity contribution in [1.82, 2.24) is 0 Å². The summed E-state index contributed by atoms with van der Waals surface area (Å²) >= 11 is 0. The molecule has 0 aromatic carbocycles. The van der Waals surface area contributed by atoms with Crippen molar-refractivity contribution in [3.05, 3.63) is 23.3 Å². The molecule has 0 saturated heterocycles. The van der Waals surface area contributed by atoms with Gasteiger partial charge in [-0.25, -0.2) is 0 Å². The van der Waals surface area contributed by atoms with E-state index in [1.807, 2.05) is 5.57 Å². The molecule has 3 heteroatoms. The van der Waals surface area contributed by atoms with E-state index in [-0.39, 0.29) is 15.9 Å². The molecule has 2 nitrogen and oxygen atoms in total. The van der Waals surface area contributed by atoms with Crippen LogP contribution in [0.2, 0.25) is 18.1 Å². The highest BCUT2D eigenvalue weighted by atomic mass is 28.4. The first-order chi connectivity index (χ1) is 17.5. The number of aliphatic hydroxyl groups excluding tert-OH is 1. The number of aliphatic hydroxyl groups is 1. The van der Waals surface area contributed by atoms with E-state index in [4.69, 9.17) is 4.43 Å². The van der Waals surface area contributed by atoms with Gasteiger partial charge in [0.1, 0.15) is 0 Å². The number of hydrogen-bond acceptors (Lipinski definition) is 2. The first-order valence-electron chi connectivity index (χ1n) is 16.2. The van der Waals surface area contributed by atoms with E-state index >= 15 is 0 Å². The Hall–Kier alpha value is -0.383. The van der Waals surface area contributed by atoms with Crippen LogP contribution in [-0.2, 0) is 4.43 Å². The summed E-state index contributed by atoms with van der Waals surface area (Å²) in [5.74, 6) is 3.57. The first-order valence-corrected chi connectivity index (χ1v) is 19.1. The molecule has 3 fully saturated rings. The zero-order valence-corrected chi connectivity index (χ0v) is 28.0. The maximum absolute atomic E-state index is 9.43. The van der Waals surface area contributed by atoms with E-state index in [9.17, 15) is 5.11 Å². The van der Waals surface area contributed by atoms with Crippen molar-refractivity contribution >= 4 is 8.32 Å².